The lowest BCUT2D eigenvalue weighted by atomic mass is 10.0. The van der Waals surface area contributed by atoms with Crippen molar-refractivity contribution in [1.82, 2.24) is 14.9 Å². The highest BCUT2D eigenvalue weighted by atomic mass is 19.1. The SMILES string of the molecule is CN1CCC(OC(c2nc3ccccc3[nH]2)c2cc(F)ccc2F)CC1. The Bertz CT molecular complexity index is 870. The summed E-state index contributed by atoms with van der Waals surface area (Å²) in [5.74, 6) is -0.492. The number of ether oxygens (including phenoxy) is 1. The van der Waals surface area contributed by atoms with Crippen molar-refractivity contribution >= 4 is 11.0 Å². The summed E-state index contributed by atoms with van der Waals surface area (Å²) in [4.78, 5) is 10.00. The van der Waals surface area contributed by atoms with E-state index in [1.807, 2.05) is 24.3 Å². The molecule has 136 valence electrons. The van der Waals surface area contributed by atoms with Crippen LogP contribution in [0.25, 0.3) is 11.0 Å². The van der Waals surface area contributed by atoms with Crippen LogP contribution in [0, 0.1) is 11.6 Å². The van der Waals surface area contributed by atoms with Gasteiger partial charge in [0.1, 0.15) is 23.6 Å². The van der Waals surface area contributed by atoms with E-state index in [0.717, 1.165) is 49.1 Å². The molecule has 1 aliphatic heterocycles. The van der Waals surface area contributed by atoms with Crippen LogP contribution in [0.15, 0.2) is 42.5 Å². The van der Waals surface area contributed by atoms with Gasteiger partial charge >= 0.3 is 0 Å². The molecule has 0 radical (unpaired) electrons. The molecule has 4 rings (SSSR count). The van der Waals surface area contributed by atoms with Crippen molar-refractivity contribution in [2.75, 3.05) is 20.1 Å². The number of nitrogens with one attached hydrogen (secondary N) is 1. The second-order valence-corrected chi connectivity index (χ2v) is 6.82. The topological polar surface area (TPSA) is 41.1 Å². The molecule has 2 heterocycles. The maximum Gasteiger partial charge on any atom is 0.143 e. The van der Waals surface area contributed by atoms with Crippen LogP contribution < -0.4 is 0 Å². The van der Waals surface area contributed by atoms with Gasteiger partial charge in [-0.3, -0.25) is 0 Å². The van der Waals surface area contributed by atoms with Gasteiger partial charge in [-0.05, 0) is 50.2 Å². The normalized spacial score (nSPS) is 17.7. The lowest BCUT2D eigenvalue weighted by molar-refractivity contribution is -0.0277. The van der Waals surface area contributed by atoms with Crippen molar-refractivity contribution in [3.63, 3.8) is 0 Å². The van der Waals surface area contributed by atoms with Crippen molar-refractivity contribution < 1.29 is 13.5 Å². The first-order valence-corrected chi connectivity index (χ1v) is 8.84. The number of piperidine rings is 1. The Hall–Kier alpha value is -2.31. The van der Waals surface area contributed by atoms with Crippen LogP contribution in [0.1, 0.15) is 30.3 Å². The zero-order chi connectivity index (χ0) is 18.1. The van der Waals surface area contributed by atoms with Gasteiger partial charge in [0.25, 0.3) is 0 Å². The molecule has 0 saturated carbocycles. The van der Waals surface area contributed by atoms with E-state index < -0.39 is 17.7 Å². The average Bonchev–Trinajstić information content (AvgIpc) is 3.07. The quantitative estimate of drug-likeness (QED) is 0.766. The lowest BCUT2D eigenvalue weighted by Gasteiger charge is -2.31. The number of rotatable bonds is 4. The summed E-state index contributed by atoms with van der Waals surface area (Å²) in [6.45, 7) is 1.84. The molecule has 4 nitrogen and oxygen atoms in total. The molecule has 1 N–H and O–H groups in total. The van der Waals surface area contributed by atoms with Crippen LogP contribution in [0.4, 0.5) is 8.78 Å². The number of halogens is 2. The minimum atomic E-state index is -0.772. The van der Waals surface area contributed by atoms with E-state index in [9.17, 15) is 8.78 Å². The number of imidazole rings is 1. The van der Waals surface area contributed by atoms with Gasteiger partial charge in [-0.1, -0.05) is 12.1 Å². The van der Waals surface area contributed by atoms with Gasteiger partial charge in [-0.2, -0.15) is 0 Å². The average molecular weight is 357 g/mol. The van der Waals surface area contributed by atoms with Crippen molar-refractivity contribution in [1.29, 1.82) is 0 Å². The van der Waals surface area contributed by atoms with Gasteiger partial charge in [0.2, 0.25) is 0 Å². The molecule has 6 heteroatoms. The van der Waals surface area contributed by atoms with Crippen LogP contribution in [0.2, 0.25) is 0 Å². The molecule has 2 aromatic carbocycles. The van der Waals surface area contributed by atoms with Crippen molar-refractivity contribution in [2.45, 2.75) is 25.0 Å². The third-order valence-electron chi connectivity index (χ3n) is 4.89. The zero-order valence-corrected chi connectivity index (χ0v) is 14.6. The van der Waals surface area contributed by atoms with Gasteiger partial charge < -0.3 is 14.6 Å². The first-order valence-electron chi connectivity index (χ1n) is 8.84. The molecule has 1 saturated heterocycles. The highest BCUT2D eigenvalue weighted by molar-refractivity contribution is 5.74. The Kier molecular flexibility index (Phi) is 4.70. The van der Waals surface area contributed by atoms with Crippen molar-refractivity contribution in [2.24, 2.45) is 0 Å². The molecule has 1 unspecified atom stereocenters. The van der Waals surface area contributed by atoms with Crippen LogP contribution in [-0.4, -0.2) is 41.1 Å². The molecule has 1 aromatic heterocycles. The van der Waals surface area contributed by atoms with E-state index >= 15 is 0 Å². The van der Waals surface area contributed by atoms with E-state index in [0.29, 0.717) is 5.82 Å². The van der Waals surface area contributed by atoms with Crippen LogP contribution in [0.5, 0.6) is 0 Å². The van der Waals surface area contributed by atoms with Gasteiger partial charge in [-0.25, -0.2) is 13.8 Å². The molecule has 0 bridgehead atoms. The van der Waals surface area contributed by atoms with Gasteiger partial charge in [0, 0.05) is 18.7 Å². The number of nitrogens with zero attached hydrogens (tertiary/aromatic N) is 2. The van der Waals surface area contributed by atoms with Crippen LogP contribution in [0.3, 0.4) is 0 Å². The minimum Gasteiger partial charge on any atom is -0.362 e. The fraction of sp³-hybridized carbons (Fsp3) is 0.350. The number of para-hydroxylation sites is 2. The maximum atomic E-state index is 14.5. The highest BCUT2D eigenvalue weighted by Crippen LogP contribution is 2.31. The number of hydrogen-bond donors (Lipinski definition) is 1. The molecule has 1 aliphatic rings. The van der Waals surface area contributed by atoms with E-state index in [4.69, 9.17) is 4.74 Å². The van der Waals surface area contributed by atoms with E-state index in [1.54, 1.807) is 0 Å². The third kappa shape index (κ3) is 3.48. The molecule has 0 amide bonds. The first-order chi connectivity index (χ1) is 12.6. The van der Waals surface area contributed by atoms with E-state index in [-0.39, 0.29) is 11.7 Å². The number of aromatic amines is 1. The Labute approximate surface area is 150 Å². The van der Waals surface area contributed by atoms with E-state index in [2.05, 4.69) is 21.9 Å². The monoisotopic (exact) mass is 357 g/mol. The number of benzene rings is 2. The van der Waals surface area contributed by atoms with Gasteiger partial charge in [0.05, 0.1) is 17.1 Å². The summed E-state index contributed by atoms with van der Waals surface area (Å²) < 4.78 is 34.5. The summed E-state index contributed by atoms with van der Waals surface area (Å²) in [6.07, 6.45) is 0.910. The minimum absolute atomic E-state index is 0.0212. The predicted octanol–water partition coefficient (Wildman–Crippen LogP) is 4.04. The number of hydrogen-bond acceptors (Lipinski definition) is 3. The second kappa shape index (κ2) is 7.13. The lowest BCUT2D eigenvalue weighted by Crippen LogP contribution is -2.35. The van der Waals surface area contributed by atoms with Crippen LogP contribution in [-0.2, 0) is 4.74 Å². The first kappa shape index (κ1) is 17.1. The highest BCUT2D eigenvalue weighted by Gasteiger charge is 2.28. The fourth-order valence-corrected chi connectivity index (χ4v) is 3.41. The van der Waals surface area contributed by atoms with Crippen molar-refractivity contribution in [3.05, 3.63) is 65.5 Å². The molecule has 1 fully saturated rings. The Balaban J connectivity index is 1.72. The Morgan fingerprint density at radius 1 is 1.15 bits per heavy atom. The van der Waals surface area contributed by atoms with Crippen LogP contribution >= 0.6 is 0 Å². The molecule has 0 spiro atoms. The summed E-state index contributed by atoms with van der Waals surface area (Å²) in [7, 11) is 2.07. The molecular weight excluding hydrogens is 336 g/mol. The standard InChI is InChI=1S/C20H21F2N3O/c1-25-10-8-14(9-11-25)26-19(15-12-13(21)6-7-16(15)22)20-23-17-4-2-3-5-18(17)24-20/h2-7,12,14,19H,8-11H2,1H3,(H,23,24). The molecule has 3 aromatic rings. The Morgan fingerprint density at radius 2 is 1.92 bits per heavy atom. The number of aromatic nitrogens is 2. The Morgan fingerprint density at radius 3 is 2.69 bits per heavy atom. The third-order valence-corrected chi connectivity index (χ3v) is 4.89. The number of likely N-dealkylation sites (tertiary alicyclic amines) is 1. The smallest absolute Gasteiger partial charge is 0.143 e. The summed E-state index contributed by atoms with van der Waals surface area (Å²) in [6, 6.07) is 11.0. The number of H-pyrrole nitrogens is 1. The van der Waals surface area contributed by atoms with Gasteiger partial charge in [0.15, 0.2) is 0 Å². The summed E-state index contributed by atoms with van der Waals surface area (Å²) in [5.41, 5.74) is 1.79. The largest absolute Gasteiger partial charge is 0.362 e. The van der Waals surface area contributed by atoms with Crippen molar-refractivity contribution in [3.8, 4) is 0 Å². The fourth-order valence-electron chi connectivity index (χ4n) is 3.41. The predicted molar refractivity (Wildman–Crippen MR) is 95.9 cm³/mol. The molecular formula is C20H21F2N3O. The summed E-state index contributed by atoms with van der Waals surface area (Å²) >= 11 is 0. The summed E-state index contributed by atoms with van der Waals surface area (Å²) in [5, 5.41) is 0. The molecule has 26 heavy (non-hydrogen) atoms. The van der Waals surface area contributed by atoms with E-state index in [1.165, 1.54) is 6.07 Å². The molecule has 1 atom stereocenters. The maximum absolute atomic E-state index is 14.5. The molecule has 0 aliphatic carbocycles. The zero-order valence-electron chi connectivity index (χ0n) is 14.6. The second-order valence-electron chi connectivity index (χ2n) is 6.82. The number of fused-ring (bicyclic) bond motifs is 1. The van der Waals surface area contributed by atoms with Gasteiger partial charge in [-0.15, -0.1) is 0 Å².